The molecule has 0 atom stereocenters. The number of carbonyl (C=O) groups is 3. The Morgan fingerprint density at radius 2 is 1.74 bits per heavy atom. The van der Waals surface area contributed by atoms with Crippen molar-refractivity contribution in [1.29, 1.82) is 0 Å². The molecule has 0 N–H and O–H groups in total. The fourth-order valence-electron chi connectivity index (χ4n) is 2.90. The Morgan fingerprint density at radius 3 is 2.33 bits per heavy atom. The molecule has 27 heavy (non-hydrogen) atoms. The number of hydrogen-bond donors (Lipinski definition) is 0. The first-order chi connectivity index (χ1) is 13.0. The van der Waals surface area contributed by atoms with E-state index in [2.05, 4.69) is 4.74 Å². The number of Topliss-reactive ketones (excluding diaryl/α,β-unsaturated/α-hetero) is 1. The van der Waals surface area contributed by atoms with Crippen molar-refractivity contribution in [3.63, 3.8) is 0 Å². The van der Waals surface area contributed by atoms with E-state index in [1.807, 2.05) is 0 Å². The number of anilines is 1. The molecule has 0 saturated carbocycles. The van der Waals surface area contributed by atoms with E-state index >= 15 is 0 Å². The maximum absolute atomic E-state index is 12.5. The molecule has 0 spiro atoms. The van der Waals surface area contributed by atoms with Gasteiger partial charge in [-0.15, -0.1) is 0 Å². The number of methoxy groups -OCH3 is 4. The highest BCUT2D eigenvalue weighted by Crippen LogP contribution is 2.48. The van der Waals surface area contributed by atoms with Crippen molar-refractivity contribution in [2.75, 3.05) is 33.3 Å². The van der Waals surface area contributed by atoms with Gasteiger partial charge < -0.3 is 23.4 Å². The molecule has 1 aliphatic heterocycles. The maximum atomic E-state index is 12.5. The summed E-state index contributed by atoms with van der Waals surface area (Å²) in [6.45, 7) is -0.0623. The van der Waals surface area contributed by atoms with Crippen LogP contribution < -0.4 is 19.1 Å². The molecule has 2 aromatic rings. The van der Waals surface area contributed by atoms with Crippen LogP contribution in [0.3, 0.4) is 0 Å². The lowest BCUT2D eigenvalue weighted by Crippen LogP contribution is -2.29. The molecular formula is C18H17NO8. The van der Waals surface area contributed by atoms with Gasteiger partial charge >= 0.3 is 5.97 Å². The van der Waals surface area contributed by atoms with Crippen molar-refractivity contribution in [1.82, 2.24) is 0 Å². The first-order valence-electron chi connectivity index (χ1n) is 7.83. The minimum Gasteiger partial charge on any atom is -0.493 e. The lowest BCUT2D eigenvalue weighted by Gasteiger charge is -2.18. The second kappa shape index (κ2) is 7.02. The Kier molecular flexibility index (Phi) is 4.76. The second-order valence-electron chi connectivity index (χ2n) is 5.52. The van der Waals surface area contributed by atoms with E-state index in [0.29, 0.717) is 17.2 Å². The quantitative estimate of drug-likeness (QED) is 0.556. The van der Waals surface area contributed by atoms with Gasteiger partial charge in [0.15, 0.2) is 11.5 Å². The number of esters is 1. The summed E-state index contributed by atoms with van der Waals surface area (Å²) in [6.07, 6.45) is 0. The number of ketones is 1. The van der Waals surface area contributed by atoms with E-state index in [9.17, 15) is 14.4 Å². The van der Waals surface area contributed by atoms with Crippen molar-refractivity contribution in [2.45, 2.75) is 6.54 Å². The van der Waals surface area contributed by atoms with Gasteiger partial charge in [0.25, 0.3) is 11.7 Å². The summed E-state index contributed by atoms with van der Waals surface area (Å²) >= 11 is 0. The summed E-state index contributed by atoms with van der Waals surface area (Å²) in [5, 5.41) is 0. The molecule has 1 aliphatic rings. The van der Waals surface area contributed by atoms with E-state index in [0.717, 1.165) is 0 Å². The Hall–Kier alpha value is -3.49. The largest absolute Gasteiger partial charge is 0.493 e. The normalized spacial score (nSPS) is 12.8. The van der Waals surface area contributed by atoms with Crippen LogP contribution in [0.1, 0.15) is 26.7 Å². The van der Waals surface area contributed by atoms with E-state index < -0.39 is 17.7 Å². The average molecular weight is 375 g/mol. The van der Waals surface area contributed by atoms with Crippen LogP contribution in [-0.4, -0.2) is 46.1 Å². The van der Waals surface area contributed by atoms with Crippen molar-refractivity contribution < 1.29 is 37.7 Å². The molecule has 0 unspecified atom stereocenters. The van der Waals surface area contributed by atoms with Crippen LogP contribution in [0.2, 0.25) is 0 Å². The topological polar surface area (TPSA) is 105 Å². The molecule has 9 nitrogen and oxygen atoms in total. The Balaban J connectivity index is 2.05. The van der Waals surface area contributed by atoms with Gasteiger partial charge in [-0.3, -0.25) is 14.5 Å². The van der Waals surface area contributed by atoms with Gasteiger partial charge in [-0.2, -0.15) is 0 Å². The van der Waals surface area contributed by atoms with E-state index in [1.54, 1.807) is 0 Å². The fraction of sp³-hybridized carbons (Fsp3) is 0.278. The molecule has 0 bridgehead atoms. The highest BCUT2D eigenvalue weighted by molar-refractivity contribution is 6.53. The Labute approximate surface area is 154 Å². The van der Waals surface area contributed by atoms with Crippen LogP contribution in [0.15, 0.2) is 22.6 Å². The van der Waals surface area contributed by atoms with Gasteiger partial charge in [-0.25, -0.2) is 4.79 Å². The van der Waals surface area contributed by atoms with Crippen molar-refractivity contribution in [3.8, 4) is 17.2 Å². The molecular weight excluding hydrogens is 358 g/mol. The molecule has 0 aliphatic carbocycles. The number of ether oxygens (including phenoxy) is 4. The van der Waals surface area contributed by atoms with E-state index in [1.165, 1.54) is 51.5 Å². The molecule has 0 radical (unpaired) electrons. The molecule has 3 rings (SSSR count). The van der Waals surface area contributed by atoms with Crippen molar-refractivity contribution in [2.24, 2.45) is 0 Å². The Bertz CT molecular complexity index is 930. The number of amides is 1. The highest BCUT2D eigenvalue weighted by atomic mass is 16.5. The summed E-state index contributed by atoms with van der Waals surface area (Å²) in [6, 6.07) is 4.48. The third-order valence-electron chi connectivity index (χ3n) is 4.13. The number of rotatable bonds is 6. The number of fused-ring (bicyclic) bond motifs is 1. The monoisotopic (exact) mass is 375 g/mol. The fourth-order valence-corrected chi connectivity index (χ4v) is 2.90. The number of furan rings is 1. The molecule has 1 aromatic carbocycles. The van der Waals surface area contributed by atoms with Gasteiger partial charge in [0.2, 0.25) is 11.5 Å². The second-order valence-corrected chi connectivity index (χ2v) is 5.52. The zero-order valence-corrected chi connectivity index (χ0v) is 15.2. The zero-order valence-electron chi connectivity index (χ0n) is 15.2. The van der Waals surface area contributed by atoms with Crippen LogP contribution in [0.25, 0.3) is 0 Å². The molecule has 1 amide bonds. The summed E-state index contributed by atoms with van der Waals surface area (Å²) < 4.78 is 25.8. The minimum absolute atomic E-state index is 0.00409. The van der Waals surface area contributed by atoms with Gasteiger partial charge in [0.1, 0.15) is 5.76 Å². The van der Waals surface area contributed by atoms with Crippen LogP contribution in [0.4, 0.5) is 5.69 Å². The van der Waals surface area contributed by atoms with Crippen LogP contribution in [-0.2, 0) is 16.1 Å². The first kappa shape index (κ1) is 18.3. The van der Waals surface area contributed by atoms with Gasteiger partial charge in [0, 0.05) is 6.07 Å². The molecule has 9 heteroatoms. The number of hydrogen-bond acceptors (Lipinski definition) is 8. The molecule has 2 heterocycles. The summed E-state index contributed by atoms with van der Waals surface area (Å²) in [4.78, 5) is 37.8. The van der Waals surface area contributed by atoms with Gasteiger partial charge in [0.05, 0.1) is 46.2 Å². The molecule has 0 fully saturated rings. The van der Waals surface area contributed by atoms with Crippen LogP contribution in [0, 0.1) is 0 Å². The predicted molar refractivity (Wildman–Crippen MR) is 91.7 cm³/mol. The Morgan fingerprint density at radius 1 is 1.04 bits per heavy atom. The standard InChI is InChI=1S/C18H17NO8/c1-23-12-7-10-13(16(25-3)15(12)24-2)14(20)17(21)19(10)8-9-5-6-11(27-9)18(22)26-4/h5-7H,8H2,1-4H3. The van der Waals surface area contributed by atoms with Crippen LogP contribution >= 0.6 is 0 Å². The lowest BCUT2D eigenvalue weighted by molar-refractivity contribution is -0.114. The van der Waals surface area contributed by atoms with E-state index in [4.69, 9.17) is 18.6 Å². The zero-order chi connectivity index (χ0) is 19.7. The number of nitrogens with zero attached hydrogens (tertiary/aromatic N) is 1. The highest BCUT2D eigenvalue weighted by Gasteiger charge is 2.41. The molecule has 142 valence electrons. The summed E-state index contributed by atoms with van der Waals surface area (Å²) in [5.74, 6) is -1.20. The number of carbonyl (C=O) groups excluding carboxylic acids is 3. The first-order valence-corrected chi connectivity index (χ1v) is 7.83. The summed E-state index contributed by atoms with van der Waals surface area (Å²) in [7, 11) is 5.44. The summed E-state index contributed by atoms with van der Waals surface area (Å²) in [5.41, 5.74) is 0.385. The number of benzene rings is 1. The van der Waals surface area contributed by atoms with Crippen molar-refractivity contribution >= 4 is 23.3 Å². The average Bonchev–Trinajstić information content (AvgIpc) is 3.25. The smallest absolute Gasteiger partial charge is 0.373 e. The van der Waals surface area contributed by atoms with Crippen LogP contribution in [0.5, 0.6) is 17.2 Å². The lowest BCUT2D eigenvalue weighted by atomic mass is 10.1. The van der Waals surface area contributed by atoms with Crippen molar-refractivity contribution in [3.05, 3.63) is 35.3 Å². The molecule has 1 aromatic heterocycles. The molecule has 0 saturated heterocycles. The third-order valence-corrected chi connectivity index (χ3v) is 4.13. The third kappa shape index (κ3) is 2.86. The minimum atomic E-state index is -0.755. The maximum Gasteiger partial charge on any atom is 0.373 e. The van der Waals surface area contributed by atoms with Gasteiger partial charge in [-0.1, -0.05) is 0 Å². The predicted octanol–water partition coefficient (Wildman–Crippen LogP) is 1.82. The van der Waals surface area contributed by atoms with Gasteiger partial charge in [-0.05, 0) is 12.1 Å². The van der Waals surface area contributed by atoms with E-state index in [-0.39, 0.29) is 29.4 Å². The SMILES string of the molecule is COC(=O)c1ccc(CN2C(=O)C(=O)c3c2cc(OC)c(OC)c3OC)o1.